The lowest BCUT2D eigenvalue weighted by molar-refractivity contribution is -0.120. The summed E-state index contributed by atoms with van der Waals surface area (Å²) in [5.41, 5.74) is 0.537. The minimum absolute atomic E-state index is 0.310. The molecule has 9 heteroatoms. The molecular weight excluding hydrogens is 374 g/mol. The van der Waals surface area contributed by atoms with E-state index in [0.29, 0.717) is 10.4 Å². The first kappa shape index (κ1) is 19.6. The van der Waals surface area contributed by atoms with Crippen LogP contribution in [0.1, 0.15) is 15.2 Å². The summed E-state index contributed by atoms with van der Waals surface area (Å²) >= 11 is 1.21. The van der Waals surface area contributed by atoms with Crippen molar-refractivity contribution in [1.82, 2.24) is 10.6 Å². The van der Waals surface area contributed by atoms with E-state index in [-0.39, 0.29) is 18.8 Å². The number of amides is 2. The molecule has 0 fully saturated rings. The summed E-state index contributed by atoms with van der Waals surface area (Å²) in [6, 6.07) is 13.5. The third-order valence-electron chi connectivity index (χ3n) is 3.47. The van der Waals surface area contributed by atoms with E-state index in [9.17, 15) is 18.0 Å². The molecule has 26 heavy (non-hydrogen) atoms. The summed E-state index contributed by atoms with van der Waals surface area (Å²) in [4.78, 5) is 24.7. The van der Waals surface area contributed by atoms with Crippen molar-refractivity contribution in [2.45, 2.75) is 11.0 Å². The predicted molar refractivity (Wildman–Crippen MR) is 98.1 cm³/mol. The number of benzene rings is 1. The highest BCUT2D eigenvalue weighted by Crippen LogP contribution is 2.13. The second-order valence-electron chi connectivity index (χ2n) is 5.34. The van der Waals surface area contributed by atoms with Gasteiger partial charge >= 0.3 is 0 Å². The van der Waals surface area contributed by atoms with Crippen molar-refractivity contribution in [3.05, 3.63) is 58.3 Å². The Balaban J connectivity index is 2.15. The first-order chi connectivity index (χ1) is 12.4. The van der Waals surface area contributed by atoms with E-state index < -0.39 is 26.9 Å². The molecule has 0 saturated heterocycles. The topological polar surface area (TPSA) is 116 Å². The lowest BCUT2D eigenvalue weighted by Crippen LogP contribution is -2.47. The highest BCUT2D eigenvalue weighted by atomic mass is 32.2. The van der Waals surface area contributed by atoms with Gasteiger partial charge < -0.3 is 10.6 Å². The zero-order chi connectivity index (χ0) is 19.0. The minimum Gasteiger partial charge on any atom is -0.349 e. The van der Waals surface area contributed by atoms with Crippen LogP contribution < -0.4 is 10.6 Å². The Hall–Kier alpha value is -2.70. The average molecular weight is 391 g/mol. The van der Waals surface area contributed by atoms with Crippen molar-refractivity contribution in [3.63, 3.8) is 0 Å². The number of carbonyl (C=O) groups is 2. The lowest BCUT2D eigenvalue weighted by atomic mass is 10.2. The number of nitrogens with one attached hydrogen (secondary N) is 2. The van der Waals surface area contributed by atoms with E-state index in [2.05, 4.69) is 10.6 Å². The Morgan fingerprint density at radius 2 is 1.85 bits per heavy atom. The van der Waals surface area contributed by atoms with Crippen LogP contribution in [0.25, 0.3) is 0 Å². The Morgan fingerprint density at radius 1 is 1.12 bits per heavy atom. The standard InChI is InChI=1S/C17H17N3O4S2/c18-8-9-19-17(22)15(11-20-16(21)14-7-4-10-25-14)26(23,24)12-13-5-2-1-3-6-13/h1-7,10,15H,9,11-12H2,(H,19,22)(H,20,21). The molecule has 0 saturated carbocycles. The normalized spacial score (nSPS) is 12.0. The molecule has 2 aromatic rings. The van der Waals surface area contributed by atoms with Crippen LogP contribution in [-0.2, 0) is 20.4 Å². The molecule has 2 amide bonds. The molecule has 136 valence electrons. The van der Waals surface area contributed by atoms with Gasteiger partial charge in [-0.15, -0.1) is 11.3 Å². The highest BCUT2D eigenvalue weighted by Gasteiger charge is 2.33. The summed E-state index contributed by atoms with van der Waals surface area (Å²) in [5, 5.41) is 13.6. The molecule has 2 N–H and O–H groups in total. The van der Waals surface area contributed by atoms with Crippen molar-refractivity contribution in [1.29, 1.82) is 5.26 Å². The molecule has 0 bridgehead atoms. The number of thiophene rings is 1. The van der Waals surface area contributed by atoms with Crippen molar-refractivity contribution in [2.24, 2.45) is 0 Å². The molecule has 0 aliphatic heterocycles. The van der Waals surface area contributed by atoms with Crippen LogP contribution in [0, 0.1) is 11.3 Å². The highest BCUT2D eigenvalue weighted by molar-refractivity contribution is 7.92. The predicted octanol–water partition coefficient (Wildman–Crippen LogP) is 1.10. The molecular formula is C17H17N3O4S2. The fourth-order valence-electron chi connectivity index (χ4n) is 2.21. The molecule has 1 unspecified atom stereocenters. The van der Waals surface area contributed by atoms with E-state index in [1.807, 2.05) is 0 Å². The average Bonchev–Trinajstić information content (AvgIpc) is 3.15. The maximum absolute atomic E-state index is 12.7. The molecule has 0 aliphatic rings. The van der Waals surface area contributed by atoms with Gasteiger partial charge in [0.1, 0.15) is 6.54 Å². The molecule has 1 aromatic carbocycles. The van der Waals surface area contributed by atoms with Crippen molar-refractivity contribution >= 4 is 33.0 Å². The van der Waals surface area contributed by atoms with Gasteiger partial charge in [0.05, 0.1) is 16.7 Å². The van der Waals surface area contributed by atoms with Crippen molar-refractivity contribution in [2.75, 3.05) is 13.1 Å². The van der Waals surface area contributed by atoms with Gasteiger partial charge in [-0.05, 0) is 17.0 Å². The number of sulfone groups is 1. The Morgan fingerprint density at radius 3 is 2.46 bits per heavy atom. The quantitative estimate of drug-likeness (QED) is 0.654. The molecule has 1 aromatic heterocycles. The zero-order valence-corrected chi connectivity index (χ0v) is 15.3. The smallest absolute Gasteiger partial charge is 0.261 e. The monoisotopic (exact) mass is 391 g/mol. The number of nitrogens with zero attached hydrogens (tertiary/aromatic N) is 1. The molecule has 0 radical (unpaired) electrons. The van der Waals surface area contributed by atoms with Gasteiger partial charge in [-0.25, -0.2) is 8.42 Å². The van der Waals surface area contributed by atoms with Crippen LogP contribution in [0.15, 0.2) is 47.8 Å². The van der Waals surface area contributed by atoms with Gasteiger partial charge in [-0.3, -0.25) is 9.59 Å². The fraction of sp³-hybridized carbons (Fsp3) is 0.235. The van der Waals surface area contributed by atoms with Crippen molar-refractivity contribution < 1.29 is 18.0 Å². The van der Waals surface area contributed by atoms with Crippen LogP contribution in [-0.4, -0.2) is 38.6 Å². The minimum atomic E-state index is -3.90. The Kier molecular flexibility index (Phi) is 6.89. The summed E-state index contributed by atoms with van der Waals surface area (Å²) in [6.07, 6.45) is 0. The van der Waals surface area contributed by atoms with Gasteiger partial charge in [0.2, 0.25) is 5.91 Å². The number of rotatable bonds is 8. The summed E-state index contributed by atoms with van der Waals surface area (Å²) in [7, 11) is -3.90. The van der Waals surface area contributed by atoms with Crippen molar-refractivity contribution in [3.8, 4) is 6.07 Å². The van der Waals surface area contributed by atoms with E-state index in [1.165, 1.54) is 11.3 Å². The van der Waals surface area contributed by atoms with Gasteiger partial charge in [-0.1, -0.05) is 36.4 Å². The van der Waals surface area contributed by atoms with Gasteiger partial charge in [0, 0.05) is 6.54 Å². The second kappa shape index (κ2) is 9.12. The molecule has 7 nitrogen and oxygen atoms in total. The Bertz CT molecular complexity index is 888. The van der Waals surface area contributed by atoms with E-state index >= 15 is 0 Å². The van der Waals surface area contributed by atoms with Crippen LogP contribution in [0.3, 0.4) is 0 Å². The van der Waals surface area contributed by atoms with Crippen LogP contribution >= 0.6 is 11.3 Å². The summed E-state index contributed by atoms with van der Waals surface area (Å²) in [6.45, 7) is -0.682. The molecule has 1 heterocycles. The molecule has 2 rings (SSSR count). The first-order valence-electron chi connectivity index (χ1n) is 7.66. The molecule has 1 atom stereocenters. The zero-order valence-electron chi connectivity index (χ0n) is 13.7. The first-order valence-corrected chi connectivity index (χ1v) is 10.3. The van der Waals surface area contributed by atoms with E-state index in [4.69, 9.17) is 5.26 Å². The molecule has 0 spiro atoms. The second-order valence-corrected chi connectivity index (χ2v) is 8.48. The van der Waals surface area contributed by atoms with E-state index in [0.717, 1.165) is 0 Å². The number of carbonyl (C=O) groups excluding carboxylic acids is 2. The van der Waals surface area contributed by atoms with Gasteiger partial charge in [0.25, 0.3) is 5.91 Å². The SMILES string of the molecule is N#CCNC(=O)C(CNC(=O)c1cccs1)S(=O)(=O)Cc1ccccc1. The van der Waals surface area contributed by atoms with E-state index in [1.54, 1.807) is 53.9 Å². The lowest BCUT2D eigenvalue weighted by Gasteiger charge is -2.17. The third-order valence-corrected chi connectivity index (χ3v) is 6.32. The number of nitriles is 1. The fourth-order valence-corrected chi connectivity index (χ4v) is 4.46. The Labute approximate surface area is 155 Å². The maximum Gasteiger partial charge on any atom is 0.261 e. The third kappa shape index (κ3) is 5.40. The van der Waals surface area contributed by atoms with Crippen LogP contribution in [0.2, 0.25) is 0 Å². The summed E-state index contributed by atoms with van der Waals surface area (Å²) in [5.74, 6) is -1.60. The largest absolute Gasteiger partial charge is 0.349 e. The van der Waals surface area contributed by atoms with Gasteiger partial charge in [0.15, 0.2) is 15.1 Å². The maximum atomic E-state index is 12.7. The van der Waals surface area contributed by atoms with Crippen LogP contribution in [0.4, 0.5) is 0 Å². The number of hydrogen-bond donors (Lipinski definition) is 2. The van der Waals surface area contributed by atoms with Crippen LogP contribution in [0.5, 0.6) is 0 Å². The van der Waals surface area contributed by atoms with Gasteiger partial charge in [-0.2, -0.15) is 5.26 Å². The summed E-state index contributed by atoms with van der Waals surface area (Å²) < 4.78 is 25.4. The number of hydrogen-bond acceptors (Lipinski definition) is 6. The molecule has 0 aliphatic carbocycles.